The van der Waals surface area contributed by atoms with Crippen LogP contribution in [0.15, 0.2) is 66.1 Å². The number of nitrogens with one attached hydrogen (secondary N) is 1. The van der Waals surface area contributed by atoms with E-state index in [0.29, 0.717) is 17.4 Å². The highest BCUT2D eigenvalue weighted by Crippen LogP contribution is 2.32. The van der Waals surface area contributed by atoms with E-state index in [1.807, 2.05) is 60.0 Å². The Bertz CT molecular complexity index is 1080. The molecule has 30 heavy (non-hydrogen) atoms. The van der Waals surface area contributed by atoms with Gasteiger partial charge in [0, 0.05) is 30.4 Å². The average Bonchev–Trinajstić information content (AvgIpc) is 3.21. The third-order valence-electron chi connectivity index (χ3n) is 4.71. The highest BCUT2D eigenvalue weighted by atomic mass is 32.1. The van der Waals surface area contributed by atoms with E-state index in [-0.39, 0.29) is 17.9 Å². The zero-order chi connectivity index (χ0) is 20.9. The molecule has 6 nitrogen and oxygen atoms in total. The third kappa shape index (κ3) is 4.41. The Morgan fingerprint density at radius 3 is 2.73 bits per heavy atom. The van der Waals surface area contributed by atoms with Crippen molar-refractivity contribution < 1.29 is 14.3 Å². The van der Waals surface area contributed by atoms with Crippen LogP contribution in [0.3, 0.4) is 0 Å². The monoisotopic (exact) mass is 419 g/mol. The first-order chi connectivity index (χ1) is 14.6. The summed E-state index contributed by atoms with van der Waals surface area (Å²) in [6, 6.07) is 17.0. The highest BCUT2D eigenvalue weighted by Gasteiger charge is 2.22. The molecule has 0 radical (unpaired) electrons. The van der Waals surface area contributed by atoms with Crippen LogP contribution in [0.25, 0.3) is 6.08 Å². The number of amides is 2. The predicted molar refractivity (Wildman–Crippen MR) is 118 cm³/mol. The Morgan fingerprint density at radius 2 is 1.93 bits per heavy atom. The van der Waals surface area contributed by atoms with Gasteiger partial charge in [-0.05, 0) is 24.3 Å². The summed E-state index contributed by atoms with van der Waals surface area (Å²) in [5.41, 5.74) is 2.37. The number of rotatable bonds is 5. The number of thiazole rings is 1. The summed E-state index contributed by atoms with van der Waals surface area (Å²) >= 11 is 1.35. The number of carbonyl (C=O) groups excluding carboxylic acids is 2. The van der Waals surface area contributed by atoms with E-state index in [1.54, 1.807) is 11.0 Å². The number of anilines is 2. The van der Waals surface area contributed by atoms with Gasteiger partial charge in [-0.2, -0.15) is 0 Å². The molecular weight excluding hydrogens is 398 g/mol. The largest absolute Gasteiger partial charge is 0.493 e. The van der Waals surface area contributed by atoms with Gasteiger partial charge in [0.1, 0.15) is 5.75 Å². The number of fused-ring (bicyclic) bond motifs is 1. The number of ether oxygens (including phenoxy) is 1. The Hall–Kier alpha value is -3.45. The smallest absolute Gasteiger partial charge is 0.244 e. The van der Waals surface area contributed by atoms with Gasteiger partial charge in [0.25, 0.3) is 0 Å². The SMILES string of the molecule is CC(=O)N(c1ccccc1)c1nc(/C=C/C(=O)N[C@@H]2CCOc3ccccc32)cs1. The minimum atomic E-state index is -0.197. The van der Waals surface area contributed by atoms with E-state index in [9.17, 15) is 9.59 Å². The first-order valence-electron chi connectivity index (χ1n) is 9.63. The molecular formula is C23H21N3O3S. The van der Waals surface area contributed by atoms with Gasteiger partial charge >= 0.3 is 0 Å². The first kappa shape index (κ1) is 19.8. The standard InChI is InChI=1S/C23H21N3O3S/c1-16(27)26(18-7-3-2-4-8-18)23-24-17(15-30-23)11-12-22(28)25-20-13-14-29-21-10-6-5-9-19(20)21/h2-12,15,20H,13-14H2,1H3,(H,25,28)/b12-11+/t20-/m1/s1. The molecule has 3 aromatic rings. The van der Waals surface area contributed by atoms with E-state index in [4.69, 9.17) is 4.74 Å². The van der Waals surface area contributed by atoms with E-state index < -0.39 is 0 Å². The van der Waals surface area contributed by atoms with Gasteiger partial charge < -0.3 is 10.1 Å². The minimum absolute atomic E-state index is 0.0793. The van der Waals surface area contributed by atoms with Gasteiger partial charge in [-0.3, -0.25) is 14.5 Å². The molecule has 0 saturated heterocycles. The van der Waals surface area contributed by atoms with Crippen molar-refractivity contribution in [3.63, 3.8) is 0 Å². The fourth-order valence-corrected chi connectivity index (χ4v) is 4.19. The van der Waals surface area contributed by atoms with Crippen molar-refractivity contribution in [1.82, 2.24) is 10.3 Å². The Balaban J connectivity index is 1.45. The molecule has 0 aliphatic carbocycles. The summed E-state index contributed by atoms with van der Waals surface area (Å²) in [7, 11) is 0. The topological polar surface area (TPSA) is 71.5 Å². The molecule has 1 atom stereocenters. The highest BCUT2D eigenvalue weighted by molar-refractivity contribution is 7.14. The zero-order valence-corrected chi connectivity index (χ0v) is 17.3. The normalized spacial score (nSPS) is 15.3. The van der Waals surface area contributed by atoms with Gasteiger partial charge in [-0.25, -0.2) is 4.98 Å². The second-order valence-electron chi connectivity index (χ2n) is 6.81. The molecule has 1 aliphatic heterocycles. The third-order valence-corrected chi connectivity index (χ3v) is 5.55. The predicted octanol–water partition coefficient (Wildman–Crippen LogP) is 4.48. The number of para-hydroxylation sites is 2. The molecule has 4 rings (SSSR count). The van der Waals surface area contributed by atoms with Crippen molar-refractivity contribution >= 4 is 40.0 Å². The average molecular weight is 420 g/mol. The van der Waals surface area contributed by atoms with Crippen LogP contribution in [-0.4, -0.2) is 23.4 Å². The summed E-state index contributed by atoms with van der Waals surface area (Å²) in [6.45, 7) is 2.07. The van der Waals surface area contributed by atoms with Gasteiger partial charge in [0.2, 0.25) is 11.8 Å². The van der Waals surface area contributed by atoms with E-state index in [0.717, 1.165) is 23.4 Å². The van der Waals surface area contributed by atoms with Crippen LogP contribution in [-0.2, 0) is 9.59 Å². The van der Waals surface area contributed by atoms with Crippen molar-refractivity contribution in [1.29, 1.82) is 0 Å². The summed E-state index contributed by atoms with van der Waals surface area (Å²) in [6.07, 6.45) is 3.85. The molecule has 7 heteroatoms. The molecule has 2 aromatic carbocycles. The van der Waals surface area contributed by atoms with Crippen molar-refractivity contribution in [3.8, 4) is 5.75 Å². The number of nitrogens with zero attached hydrogens (tertiary/aromatic N) is 2. The van der Waals surface area contributed by atoms with E-state index in [2.05, 4.69) is 10.3 Å². The number of benzene rings is 2. The van der Waals surface area contributed by atoms with Gasteiger partial charge in [-0.15, -0.1) is 11.3 Å². The van der Waals surface area contributed by atoms with Crippen LogP contribution in [0.5, 0.6) is 5.75 Å². The lowest BCUT2D eigenvalue weighted by atomic mass is 10.0. The lowest BCUT2D eigenvalue weighted by molar-refractivity contribution is -0.117. The minimum Gasteiger partial charge on any atom is -0.493 e. The maximum absolute atomic E-state index is 12.4. The van der Waals surface area contributed by atoms with Crippen LogP contribution >= 0.6 is 11.3 Å². The Labute approximate surface area is 178 Å². The lowest BCUT2D eigenvalue weighted by Crippen LogP contribution is -2.30. The maximum Gasteiger partial charge on any atom is 0.244 e. The molecule has 0 bridgehead atoms. The summed E-state index contributed by atoms with van der Waals surface area (Å²) in [4.78, 5) is 30.6. The molecule has 1 N–H and O–H groups in total. The molecule has 0 unspecified atom stereocenters. The second-order valence-corrected chi connectivity index (χ2v) is 7.65. The van der Waals surface area contributed by atoms with Gasteiger partial charge in [0.05, 0.1) is 24.0 Å². The zero-order valence-electron chi connectivity index (χ0n) is 16.4. The number of hydrogen-bond donors (Lipinski definition) is 1. The van der Waals surface area contributed by atoms with Gasteiger partial charge in [-0.1, -0.05) is 36.4 Å². The van der Waals surface area contributed by atoms with Crippen molar-refractivity contribution in [2.24, 2.45) is 0 Å². The molecule has 0 saturated carbocycles. The molecule has 0 spiro atoms. The fraction of sp³-hybridized carbons (Fsp3) is 0.174. The first-order valence-corrected chi connectivity index (χ1v) is 10.5. The Kier molecular flexibility index (Phi) is 5.90. The van der Waals surface area contributed by atoms with Crippen molar-refractivity contribution in [3.05, 3.63) is 77.3 Å². The number of carbonyl (C=O) groups is 2. The molecule has 0 fully saturated rings. The van der Waals surface area contributed by atoms with Crippen molar-refractivity contribution in [2.45, 2.75) is 19.4 Å². The molecule has 2 heterocycles. The van der Waals surface area contributed by atoms with Crippen LogP contribution in [0.1, 0.15) is 30.6 Å². The van der Waals surface area contributed by atoms with Crippen LogP contribution in [0.2, 0.25) is 0 Å². The van der Waals surface area contributed by atoms with Crippen LogP contribution in [0, 0.1) is 0 Å². The number of aromatic nitrogens is 1. The quantitative estimate of drug-likeness (QED) is 0.619. The van der Waals surface area contributed by atoms with Crippen molar-refractivity contribution in [2.75, 3.05) is 11.5 Å². The number of hydrogen-bond acceptors (Lipinski definition) is 5. The van der Waals surface area contributed by atoms with E-state index >= 15 is 0 Å². The summed E-state index contributed by atoms with van der Waals surface area (Å²) < 4.78 is 5.64. The Morgan fingerprint density at radius 1 is 1.17 bits per heavy atom. The molecule has 152 valence electrons. The maximum atomic E-state index is 12.4. The van der Waals surface area contributed by atoms with Crippen LogP contribution in [0.4, 0.5) is 10.8 Å². The van der Waals surface area contributed by atoms with E-state index in [1.165, 1.54) is 24.3 Å². The molecule has 1 aliphatic rings. The van der Waals surface area contributed by atoms with Crippen LogP contribution < -0.4 is 15.0 Å². The van der Waals surface area contributed by atoms with Gasteiger partial charge in [0.15, 0.2) is 5.13 Å². The lowest BCUT2D eigenvalue weighted by Gasteiger charge is -2.26. The molecule has 1 aromatic heterocycles. The molecule has 2 amide bonds. The fourth-order valence-electron chi connectivity index (χ4n) is 3.33. The summed E-state index contributed by atoms with van der Waals surface area (Å²) in [5, 5.41) is 5.41. The summed E-state index contributed by atoms with van der Waals surface area (Å²) in [5.74, 6) is 0.493. The second kappa shape index (κ2) is 8.92.